The molecule has 2 aromatic rings. The normalized spacial score (nSPS) is 10.1. The maximum absolute atomic E-state index is 12.1. The van der Waals surface area contributed by atoms with Gasteiger partial charge in [0.1, 0.15) is 11.4 Å². The molecule has 1 aromatic heterocycles. The van der Waals surface area contributed by atoms with E-state index in [0.29, 0.717) is 22.5 Å². The number of pyridine rings is 1. The van der Waals surface area contributed by atoms with Gasteiger partial charge in [0.05, 0.1) is 6.61 Å². The number of rotatable bonds is 5. The van der Waals surface area contributed by atoms with Crippen LogP contribution in [-0.4, -0.2) is 17.5 Å². The molecule has 0 bridgehead atoms. The first-order valence-corrected chi connectivity index (χ1v) is 7.14. The van der Waals surface area contributed by atoms with Crippen LogP contribution in [-0.2, 0) is 0 Å². The number of halogens is 1. The predicted molar refractivity (Wildman–Crippen MR) is 82.1 cm³/mol. The van der Waals surface area contributed by atoms with Crippen molar-refractivity contribution < 1.29 is 9.53 Å². The van der Waals surface area contributed by atoms with Crippen LogP contribution >= 0.6 is 15.9 Å². The number of benzene rings is 1. The highest BCUT2D eigenvalue weighted by Gasteiger charge is 2.11. The van der Waals surface area contributed by atoms with Crippen LogP contribution < -0.4 is 10.1 Å². The number of hydrogen-bond acceptors (Lipinski definition) is 3. The number of hydrogen-bond donors (Lipinski definition) is 1. The van der Waals surface area contributed by atoms with Crippen molar-refractivity contribution in [3.63, 3.8) is 0 Å². The van der Waals surface area contributed by atoms with Crippen LogP contribution in [0.4, 0.5) is 5.69 Å². The Morgan fingerprint density at radius 3 is 2.95 bits per heavy atom. The molecule has 1 N–H and O–H groups in total. The van der Waals surface area contributed by atoms with Crippen LogP contribution in [0.5, 0.6) is 5.75 Å². The fourth-order valence-electron chi connectivity index (χ4n) is 1.63. The molecule has 4 nitrogen and oxygen atoms in total. The average molecular weight is 335 g/mol. The minimum absolute atomic E-state index is 0.259. The lowest BCUT2D eigenvalue weighted by atomic mass is 10.2. The number of nitrogens with one attached hydrogen (secondary N) is 1. The van der Waals surface area contributed by atoms with Crippen LogP contribution in [0.25, 0.3) is 0 Å². The molecule has 0 aliphatic heterocycles. The van der Waals surface area contributed by atoms with E-state index in [1.54, 1.807) is 24.4 Å². The summed E-state index contributed by atoms with van der Waals surface area (Å²) in [5.41, 5.74) is 1.04. The third kappa shape index (κ3) is 3.81. The second-order valence-electron chi connectivity index (χ2n) is 4.16. The maximum Gasteiger partial charge on any atom is 0.275 e. The summed E-state index contributed by atoms with van der Waals surface area (Å²) in [7, 11) is 0. The Hall–Kier alpha value is -1.88. The molecule has 0 atom stereocenters. The third-order valence-corrected chi connectivity index (χ3v) is 3.18. The van der Waals surface area contributed by atoms with Gasteiger partial charge in [-0.3, -0.25) is 4.79 Å². The molecule has 0 saturated heterocycles. The molecule has 1 amide bonds. The SMILES string of the molecule is CCCOc1cccc(NC(=O)c2ncccc2Br)c1. The molecular weight excluding hydrogens is 320 g/mol. The Balaban J connectivity index is 2.10. The molecule has 2 rings (SSSR count). The largest absolute Gasteiger partial charge is 0.494 e. The standard InChI is InChI=1S/C15H15BrN2O2/c1-2-9-20-12-6-3-5-11(10-12)18-15(19)14-13(16)7-4-8-17-14/h3-8,10H,2,9H2,1H3,(H,18,19). The molecule has 0 aliphatic rings. The summed E-state index contributed by atoms with van der Waals surface area (Å²) in [6, 6.07) is 10.9. The van der Waals surface area contributed by atoms with Crippen molar-refractivity contribution in [2.24, 2.45) is 0 Å². The molecule has 0 spiro atoms. The minimum atomic E-state index is -0.259. The van der Waals surface area contributed by atoms with E-state index in [1.807, 2.05) is 25.1 Å². The highest BCUT2D eigenvalue weighted by atomic mass is 79.9. The zero-order valence-corrected chi connectivity index (χ0v) is 12.7. The van der Waals surface area contributed by atoms with E-state index < -0.39 is 0 Å². The Kier molecular flexibility index (Phi) is 5.12. The molecule has 0 fully saturated rings. The summed E-state index contributed by atoms with van der Waals surface area (Å²) in [5, 5.41) is 2.80. The number of ether oxygens (including phenoxy) is 1. The molecule has 104 valence electrons. The van der Waals surface area contributed by atoms with Gasteiger partial charge in [-0.2, -0.15) is 0 Å². The van der Waals surface area contributed by atoms with Gasteiger partial charge >= 0.3 is 0 Å². The highest BCUT2D eigenvalue weighted by Crippen LogP contribution is 2.19. The molecule has 0 unspecified atom stereocenters. The van der Waals surface area contributed by atoms with Gasteiger partial charge in [-0.05, 0) is 46.6 Å². The summed E-state index contributed by atoms with van der Waals surface area (Å²) in [4.78, 5) is 16.2. The van der Waals surface area contributed by atoms with E-state index in [2.05, 4.69) is 26.2 Å². The van der Waals surface area contributed by atoms with Crippen LogP contribution in [0.3, 0.4) is 0 Å². The number of carbonyl (C=O) groups excluding carboxylic acids is 1. The van der Waals surface area contributed by atoms with Gasteiger partial charge in [-0.15, -0.1) is 0 Å². The highest BCUT2D eigenvalue weighted by molar-refractivity contribution is 9.10. The summed E-state index contributed by atoms with van der Waals surface area (Å²) >= 11 is 3.31. The molecule has 0 aliphatic carbocycles. The van der Waals surface area contributed by atoms with Crippen molar-refractivity contribution in [2.45, 2.75) is 13.3 Å². The summed E-state index contributed by atoms with van der Waals surface area (Å²) in [6.07, 6.45) is 2.53. The molecule has 20 heavy (non-hydrogen) atoms. The molecular formula is C15H15BrN2O2. The fourth-order valence-corrected chi connectivity index (χ4v) is 2.06. The van der Waals surface area contributed by atoms with Crippen LogP contribution in [0.15, 0.2) is 47.1 Å². The first-order chi connectivity index (χ1) is 9.70. The van der Waals surface area contributed by atoms with Crippen molar-refractivity contribution in [1.82, 2.24) is 4.98 Å². The lowest BCUT2D eigenvalue weighted by Crippen LogP contribution is -2.14. The van der Waals surface area contributed by atoms with E-state index in [-0.39, 0.29) is 5.91 Å². The molecule has 1 heterocycles. The molecule has 5 heteroatoms. The smallest absolute Gasteiger partial charge is 0.275 e. The van der Waals surface area contributed by atoms with Gasteiger partial charge in [0.15, 0.2) is 0 Å². The zero-order chi connectivity index (χ0) is 14.4. The zero-order valence-electron chi connectivity index (χ0n) is 11.1. The quantitative estimate of drug-likeness (QED) is 0.902. The molecule has 0 radical (unpaired) electrons. The fraction of sp³-hybridized carbons (Fsp3) is 0.200. The monoisotopic (exact) mass is 334 g/mol. The van der Waals surface area contributed by atoms with Gasteiger partial charge in [0.25, 0.3) is 5.91 Å². The summed E-state index contributed by atoms with van der Waals surface area (Å²) in [6.45, 7) is 2.70. The van der Waals surface area contributed by atoms with Gasteiger partial charge in [0, 0.05) is 22.4 Å². The number of aromatic nitrogens is 1. The van der Waals surface area contributed by atoms with Crippen molar-refractivity contribution >= 4 is 27.5 Å². The molecule has 0 saturated carbocycles. The van der Waals surface area contributed by atoms with Crippen molar-refractivity contribution in [3.8, 4) is 5.75 Å². The average Bonchev–Trinajstić information content (AvgIpc) is 2.46. The predicted octanol–water partition coefficient (Wildman–Crippen LogP) is 3.89. The Bertz CT molecular complexity index is 602. The first-order valence-electron chi connectivity index (χ1n) is 6.35. The number of carbonyl (C=O) groups is 1. The van der Waals surface area contributed by atoms with Gasteiger partial charge in [-0.25, -0.2) is 4.98 Å². The summed E-state index contributed by atoms with van der Waals surface area (Å²) in [5.74, 6) is 0.481. The second kappa shape index (κ2) is 7.05. The lowest BCUT2D eigenvalue weighted by molar-refractivity contribution is 0.102. The Morgan fingerprint density at radius 2 is 2.20 bits per heavy atom. The van der Waals surface area contributed by atoms with E-state index in [4.69, 9.17) is 4.74 Å². The van der Waals surface area contributed by atoms with Crippen LogP contribution in [0, 0.1) is 0 Å². The number of nitrogens with zero attached hydrogens (tertiary/aromatic N) is 1. The van der Waals surface area contributed by atoms with Gasteiger partial charge in [-0.1, -0.05) is 13.0 Å². The third-order valence-electron chi connectivity index (χ3n) is 2.54. The number of amides is 1. The Labute approximate surface area is 126 Å². The van der Waals surface area contributed by atoms with E-state index in [0.717, 1.165) is 12.2 Å². The Morgan fingerprint density at radius 1 is 1.35 bits per heavy atom. The van der Waals surface area contributed by atoms with Crippen LogP contribution in [0.1, 0.15) is 23.8 Å². The van der Waals surface area contributed by atoms with E-state index >= 15 is 0 Å². The van der Waals surface area contributed by atoms with Crippen molar-refractivity contribution in [1.29, 1.82) is 0 Å². The van der Waals surface area contributed by atoms with Crippen molar-refractivity contribution in [3.05, 3.63) is 52.8 Å². The summed E-state index contributed by atoms with van der Waals surface area (Å²) < 4.78 is 6.19. The van der Waals surface area contributed by atoms with Gasteiger partial charge < -0.3 is 10.1 Å². The topological polar surface area (TPSA) is 51.2 Å². The molecule has 1 aromatic carbocycles. The van der Waals surface area contributed by atoms with Crippen LogP contribution in [0.2, 0.25) is 0 Å². The maximum atomic E-state index is 12.1. The minimum Gasteiger partial charge on any atom is -0.494 e. The lowest BCUT2D eigenvalue weighted by Gasteiger charge is -2.08. The van der Waals surface area contributed by atoms with Gasteiger partial charge in [0.2, 0.25) is 0 Å². The van der Waals surface area contributed by atoms with Crippen molar-refractivity contribution in [2.75, 3.05) is 11.9 Å². The first kappa shape index (κ1) is 14.5. The van der Waals surface area contributed by atoms with E-state index in [9.17, 15) is 4.79 Å². The van der Waals surface area contributed by atoms with E-state index in [1.165, 1.54) is 0 Å². The second-order valence-corrected chi connectivity index (χ2v) is 5.02. The number of anilines is 1.